The number of pyridine rings is 1. The van der Waals surface area contributed by atoms with Crippen molar-refractivity contribution in [2.75, 3.05) is 16.4 Å². The van der Waals surface area contributed by atoms with Crippen molar-refractivity contribution in [3.63, 3.8) is 0 Å². The van der Waals surface area contributed by atoms with E-state index in [4.69, 9.17) is 0 Å². The SMILES string of the molecule is CC(=O)Nc1ccc(NC(=O)CSCc2cc(=O)n3cc(C)ccc3n2)cc1. The molecule has 7 nitrogen and oxygen atoms in total. The van der Waals surface area contributed by atoms with Gasteiger partial charge in [0, 0.05) is 36.3 Å². The van der Waals surface area contributed by atoms with E-state index >= 15 is 0 Å². The molecule has 0 atom stereocenters. The van der Waals surface area contributed by atoms with Gasteiger partial charge in [-0.15, -0.1) is 11.8 Å². The molecule has 0 saturated heterocycles. The predicted octanol–water partition coefficient (Wildman–Crippen LogP) is 2.83. The largest absolute Gasteiger partial charge is 0.326 e. The second-order valence-corrected chi connectivity index (χ2v) is 7.31. The summed E-state index contributed by atoms with van der Waals surface area (Å²) in [4.78, 5) is 39.8. The summed E-state index contributed by atoms with van der Waals surface area (Å²) in [6, 6.07) is 12.1. The first-order valence-corrected chi connectivity index (χ1v) is 9.80. The number of carbonyl (C=O) groups is 2. The number of aryl methyl sites for hydroxylation is 1. The summed E-state index contributed by atoms with van der Waals surface area (Å²) in [5.41, 5.74) is 3.41. The van der Waals surface area contributed by atoms with E-state index in [2.05, 4.69) is 15.6 Å². The second-order valence-electron chi connectivity index (χ2n) is 6.32. The Bertz CT molecular complexity index is 1080. The Labute approximate surface area is 166 Å². The molecule has 0 aliphatic rings. The topological polar surface area (TPSA) is 92.6 Å². The van der Waals surface area contributed by atoms with Gasteiger partial charge in [-0.05, 0) is 42.8 Å². The van der Waals surface area contributed by atoms with Gasteiger partial charge in [0.2, 0.25) is 11.8 Å². The standard InChI is InChI=1S/C20H20N4O3S/c1-13-3-8-18-22-17(9-20(27)24(18)10-13)11-28-12-19(26)23-16-6-4-15(5-7-16)21-14(2)25/h3-10H,11-12H2,1-2H3,(H,21,25)(H,23,26). The van der Waals surface area contributed by atoms with Crippen LogP contribution in [0, 0.1) is 6.92 Å². The van der Waals surface area contributed by atoms with E-state index < -0.39 is 0 Å². The molecule has 0 aliphatic heterocycles. The molecule has 1 aromatic carbocycles. The number of carbonyl (C=O) groups excluding carboxylic acids is 2. The minimum Gasteiger partial charge on any atom is -0.326 e. The quantitative estimate of drug-likeness (QED) is 0.668. The van der Waals surface area contributed by atoms with Gasteiger partial charge >= 0.3 is 0 Å². The maximum Gasteiger partial charge on any atom is 0.258 e. The predicted molar refractivity (Wildman–Crippen MR) is 112 cm³/mol. The number of aromatic nitrogens is 2. The molecular formula is C20H20N4O3S. The van der Waals surface area contributed by atoms with Crippen molar-refractivity contribution in [3.8, 4) is 0 Å². The molecule has 0 fully saturated rings. The highest BCUT2D eigenvalue weighted by molar-refractivity contribution is 7.99. The third kappa shape index (κ3) is 5.20. The van der Waals surface area contributed by atoms with Crippen LogP contribution in [0.2, 0.25) is 0 Å². The Kier molecular flexibility index (Phi) is 6.10. The van der Waals surface area contributed by atoms with E-state index in [-0.39, 0.29) is 23.1 Å². The van der Waals surface area contributed by atoms with Crippen molar-refractivity contribution < 1.29 is 9.59 Å². The Hall–Kier alpha value is -3.13. The molecule has 0 aliphatic carbocycles. The highest BCUT2D eigenvalue weighted by Gasteiger charge is 2.06. The smallest absolute Gasteiger partial charge is 0.258 e. The van der Waals surface area contributed by atoms with Crippen molar-refractivity contribution in [2.24, 2.45) is 0 Å². The van der Waals surface area contributed by atoms with E-state index in [9.17, 15) is 14.4 Å². The van der Waals surface area contributed by atoms with Gasteiger partial charge in [0.1, 0.15) is 5.65 Å². The zero-order chi connectivity index (χ0) is 20.1. The molecule has 2 amide bonds. The van der Waals surface area contributed by atoms with E-state index in [1.807, 2.05) is 19.1 Å². The number of thioether (sulfide) groups is 1. The molecule has 8 heteroatoms. The lowest BCUT2D eigenvalue weighted by atomic mass is 10.3. The van der Waals surface area contributed by atoms with Crippen LogP contribution in [0.3, 0.4) is 0 Å². The lowest BCUT2D eigenvalue weighted by Crippen LogP contribution is -2.16. The molecular weight excluding hydrogens is 376 g/mol. The lowest BCUT2D eigenvalue weighted by Gasteiger charge is -2.07. The van der Waals surface area contributed by atoms with Gasteiger partial charge in [0.25, 0.3) is 5.56 Å². The van der Waals surface area contributed by atoms with Gasteiger partial charge in [-0.25, -0.2) is 4.98 Å². The van der Waals surface area contributed by atoms with Crippen molar-refractivity contribution in [1.82, 2.24) is 9.38 Å². The van der Waals surface area contributed by atoms with E-state index in [1.165, 1.54) is 29.2 Å². The number of nitrogens with zero attached hydrogens (tertiary/aromatic N) is 2. The average molecular weight is 396 g/mol. The van der Waals surface area contributed by atoms with Gasteiger partial charge in [-0.1, -0.05) is 6.07 Å². The van der Waals surface area contributed by atoms with Gasteiger partial charge in [0.05, 0.1) is 11.4 Å². The number of hydrogen-bond acceptors (Lipinski definition) is 5. The molecule has 0 spiro atoms. The molecule has 3 rings (SSSR count). The van der Waals surface area contributed by atoms with Crippen molar-refractivity contribution in [3.05, 3.63) is 70.3 Å². The number of fused-ring (bicyclic) bond motifs is 1. The molecule has 3 aromatic rings. The van der Waals surface area contributed by atoms with Crippen LogP contribution in [0.4, 0.5) is 11.4 Å². The zero-order valence-electron chi connectivity index (χ0n) is 15.6. The van der Waals surface area contributed by atoms with Gasteiger partial charge in [-0.2, -0.15) is 0 Å². The summed E-state index contributed by atoms with van der Waals surface area (Å²) in [5, 5.41) is 5.47. The van der Waals surface area contributed by atoms with Crippen LogP contribution in [0.25, 0.3) is 5.65 Å². The number of anilines is 2. The summed E-state index contributed by atoms with van der Waals surface area (Å²) in [6.07, 6.45) is 1.76. The number of hydrogen-bond donors (Lipinski definition) is 2. The van der Waals surface area contributed by atoms with Gasteiger partial charge in [-0.3, -0.25) is 18.8 Å². The minimum absolute atomic E-state index is 0.131. The van der Waals surface area contributed by atoms with Crippen LogP contribution in [-0.4, -0.2) is 27.0 Å². The Morgan fingerprint density at radius 2 is 1.75 bits per heavy atom. The molecule has 0 bridgehead atoms. The van der Waals surface area contributed by atoms with Crippen LogP contribution in [0.15, 0.2) is 53.5 Å². The van der Waals surface area contributed by atoms with Crippen molar-refractivity contribution >= 4 is 40.6 Å². The van der Waals surface area contributed by atoms with Crippen LogP contribution < -0.4 is 16.2 Å². The molecule has 2 heterocycles. The van der Waals surface area contributed by atoms with Crippen LogP contribution >= 0.6 is 11.8 Å². The Morgan fingerprint density at radius 3 is 2.43 bits per heavy atom. The normalized spacial score (nSPS) is 10.6. The zero-order valence-corrected chi connectivity index (χ0v) is 16.4. The van der Waals surface area contributed by atoms with Gasteiger partial charge in [0.15, 0.2) is 0 Å². The summed E-state index contributed by atoms with van der Waals surface area (Å²) in [6.45, 7) is 3.36. The third-order valence-corrected chi connectivity index (χ3v) is 4.80. The molecule has 0 saturated carbocycles. The monoisotopic (exact) mass is 396 g/mol. The van der Waals surface area contributed by atoms with E-state index in [0.29, 0.717) is 28.5 Å². The fourth-order valence-corrected chi connectivity index (χ4v) is 3.33. The maximum absolute atomic E-state index is 12.2. The number of nitrogens with one attached hydrogen (secondary N) is 2. The summed E-state index contributed by atoms with van der Waals surface area (Å²) in [5.74, 6) is 0.410. The van der Waals surface area contributed by atoms with Crippen molar-refractivity contribution in [2.45, 2.75) is 19.6 Å². The van der Waals surface area contributed by atoms with Gasteiger partial charge < -0.3 is 10.6 Å². The summed E-state index contributed by atoms with van der Waals surface area (Å²) < 4.78 is 1.51. The fraction of sp³-hybridized carbons (Fsp3) is 0.200. The fourth-order valence-electron chi connectivity index (χ4n) is 2.62. The molecule has 28 heavy (non-hydrogen) atoms. The first kappa shape index (κ1) is 19.6. The second kappa shape index (κ2) is 8.71. The molecule has 2 N–H and O–H groups in total. The third-order valence-electron chi connectivity index (χ3n) is 3.83. The minimum atomic E-state index is -0.148. The Balaban J connectivity index is 1.54. The van der Waals surface area contributed by atoms with Crippen LogP contribution in [0.1, 0.15) is 18.2 Å². The van der Waals surface area contributed by atoms with Crippen LogP contribution in [-0.2, 0) is 15.3 Å². The summed E-state index contributed by atoms with van der Waals surface area (Å²) in [7, 11) is 0. The van der Waals surface area contributed by atoms with Crippen molar-refractivity contribution in [1.29, 1.82) is 0 Å². The number of rotatable bonds is 6. The molecule has 0 radical (unpaired) electrons. The van der Waals surface area contributed by atoms with E-state index in [0.717, 1.165) is 5.56 Å². The first-order valence-electron chi connectivity index (χ1n) is 8.65. The maximum atomic E-state index is 12.2. The highest BCUT2D eigenvalue weighted by Crippen LogP contribution is 2.15. The average Bonchev–Trinajstić information content (AvgIpc) is 2.64. The lowest BCUT2D eigenvalue weighted by molar-refractivity contribution is -0.114. The molecule has 0 unspecified atom stereocenters. The molecule has 144 valence electrons. The molecule has 2 aromatic heterocycles. The number of amides is 2. The first-order chi connectivity index (χ1) is 13.4. The summed E-state index contributed by atoms with van der Waals surface area (Å²) >= 11 is 1.39. The number of benzene rings is 1. The highest BCUT2D eigenvalue weighted by atomic mass is 32.2. The Morgan fingerprint density at radius 1 is 1.07 bits per heavy atom. The van der Waals surface area contributed by atoms with Crippen LogP contribution in [0.5, 0.6) is 0 Å². The van der Waals surface area contributed by atoms with E-state index in [1.54, 1.807) is 30.5 Å².